The summed E-state index contributed by atoms with van der Waals surface area (Å²) < 4.78 is 5.59. The maximum absolute atomic E-state index is 9.82. The quantitative estimate of drug-likeness (QED) is 0.838. The van der Waals surface area contributed by atoms with Crippen molar-refractivity contribution in [1.82, 2.24) is 0 Å². The van der Waals surface area contributed by atoms with E-state index in [9.17, 15) is 5.11 Å². The zero-order valence-corrected chi connectivity index (χ0v) is 11.3. The largest absolute Gasteiger partial charge is 0.393 e. The van der Waals surface area contributed by atoms with E-state index in [-0.39, 0.29) is 12.0 Å². The molecule has 1 N–H and O–H groups in total. The topological polar surface area (TPSA) is 47.9 Å². The van der Waals surface area contributed by atoms with Gasteiger partial charge in [-0.1, -0.05) is 51.1 Å². The van der Waals surface area contributed by atoms with Crippen molar-refractivity contribution >= 4 is 0 Å². The van der Waals surface area contributed by atoms with Crippen LogP contribution in [-0.4, -0.2) is 24.4 Å². The predicted octanol–water partition coefficient (Wildman–Crippen LogP) is 2.22. The van der Waals surface area contributed by atoms with E-state index in [0.717, 1.165) is 5.56 Å². The van der Waals surface area contributed by atoms with Crippen LogP contribution >= 0.6 is 0 Å². The Morgan fingerprint density at radius 2 is 1.78 bits per heavy atom. The number of methoxy groups -OCH3 is 1. The molecule has 100 valence electrons. The molecule has 1 saturated heterocycles. The van der Waals surface area contributed by atoms with Gasteiger partial charge in [0.2, 0.25) is 0 Å². The van der Waals surface area contributed by atoms with Gasteiger partial charge in [-0.05, 0) is 0 Å². The first kappa shape index (κ1) is 13.5. The molecule has 4 heteroatoms. The first-order valence-corrected chi connectivity index (χ1v) is 6.02. The van der Waals surface area contributed by atoms with Crippen LogP contribution in [0.5, 0.6) is 0 Å². The van der Waals surface area contributed by atoms with Crippen LogP contribution in [0.4, 0.5) is 0 Å². The lowest BCUT2D eigenvalue weighted by Crippen LogP contribution is -2.73. The van der Waals surface area contributed by atoms with Crippen LogP contribution in [0.3, 0.4) is 0 Å². The van der Waals surface area contributed by atoms with Gasteiger partial charge in [0.1, 0.15) is 0 Å². The zero-order chi connectivity index (χ0) is 13.4. The summed E-state index contributed by atoms with van der Waals surface area (Å²) in [6.45, 7) is 5.78. The second-order valence-corrected chi connectivity index (χ2v) is 5.59. The van der Waals surface area contributed by atoms with Crippen molar-refractivity contribution in [2.24, 2.45) is 5.41 Å². The molecule has 1 heterocycles. The summed E-state index contributed by atoms with van der Waals surface area (Å²) in [6.07, 6.45) is 0. The van der Waals surface area contributed by atoms with E-state index >= 15 is 0 Å². The van der Waals surface area contributed by atoms with E-state index in [1.54, 1.807) is 7.11 Å². The van der Waals surface area contributed by atoms with Crippen molar-refractivity contribution in [3.63, 3.8) is 0 Å². The number of benzene rings is 1. The van der Waals surface area contributed by atoms with Crippen molar-refractivity contribution in [3.8, 4) is 0 Å². The maximum Gasteiger partial charge on any atom is 0.262 e. The molecular weight excluding hydrogens is 232 g/mol. The summed E-state index contributed by atoms with van der Waals surface area (Å²) >= 11 is 0. The molecule has 1 aliphatic heterocycles. The SMILES string of the molecule is COC1(c2ccccc2)OOC1(CO)C(C)(C)C. The molecule has 1 aliphatic rings. The molecule has 1 aromatic carbocycles. The van der Waals surface area contributed by atoms with Crippen LogP contribution in [0.15, 0.2) is 30.3 Å². The smallest absolute Gasteiger partial charge is 0.262 e. The fraction of sp³-hybridized carbons (Fsp3) is 0.571. The van der Waals surface area contributed by atoms with Gasteiger partial charge in [-0.2, -0.15) is 4.89 Å². The average molecular weight is 252 g/mol. The van der Waals surface area contributed by atoms with Crippen molar-refractivity contribution in [2.45, 2.75) is 32.2 Å². The highest BCUT2D eigenvalue weighted by atomic mass is 17.3. The van der Waals surface area contributed by atoms with Gasteiger partial charge >= 0.3 is 0 Å². The Morgan fingerprint density at radius 1 is 1.17 bits per heavy atom. The Balaban J connectivity index is 2.52. The van der Waals surface area contributed by atoms with Crippen molar-refractivity contribution in [2.75, 3.05) is 13.7 Å². The Morgan fingerprint density at radius 3 is 2.11 bits per heavy atom. The third-order valence-corrected chi connectivity index (χ3v) is 3.71. The minimum atomic E-state index is -1.07. The van der Waals surface area contributed by atoms with Crippen LogP contribution < -0.4 is 0 Å². The van der Waals surface area contributed by atoms with E-state index in [1.165, 1.54) is 0 Å². The summed E-state index contributed by atoms with van der Waals surface area (Å²) in [6, 6.07) is 9.54. The average Bonchev–Trinajstić information content (AvgIpc) is 2.30. The monoisotopic (exact) mass is 252 g/mol. The zero-order valence-electron chi connectivity index (χ0n) is 11.3. The highest BCUT2D eigenvalue weighted by Crippen LogP contribution is 2.57. The van der Waals surface area contributed by atoms with Gasteiger partial charge in [-0.25, -0.2) is 4.89 Å². The minimum absolute atomic E-state index is 0.181. The molecule has 0 bridgehead atoms. The Hall–Kier alpha value is -0.940. The summed E-state index contributed by atoms with van der Waals surface area (Å²) in [7, 11) is 1.56. The van der Waals surface area contributed by atoms with Gasteiger partial charge in [0, 0.05) is 18.1 Å². The van der Waals surface area contributed by atoms with Crippen molar-refractivity contribution in [3.05, 3.63) is 35.9 Å². The summed E-state index contributed by atoms with van der Waals surface area (Å²) in [5.41, 5.74) is -0.426. The normalized spacial score (nSPS) is 32.1. The Labute approximate surface area is 107 Å². The van der Waals surface area contributed by atoms with Gasteiger partial charge in [0.15, 0.2) is 5.60 Å². The van der Waals surface area contributed by atoms with Crippen LogP contribution in [-0.2, 0) is 20.3 Å². The molecular formula is C14H20O4. The third kappa shape index (κ3) is 1.53. The number of rotatable bonds is 3. The summed E-state index contributed by atoms with van der Waals surface area (Å²) in [5.74, 6) is -1.07. The number of hydrogen-bond donors (Lipinski definition) is 1. The standard InChI is InChI=1S/C14H20O4/c1-12(2,3)13(10-15)14(16-4,18-17-13)11-8-6-5-7-9-11/h5-9,15H,10H2,1-4H3. The molecule has 2 unspecified atom stereocenters. The molecule has 2 rings (SSSR count). The molecule has 0 aromatic heterocycles. The molecule has 0 spiro atoms. The van der Waals surface area contributed by atoms with Gasteiger partial charge in [0.25, 0.3) is 5.79 Å². The second-order valence-electron chi connectivity index (χ2n) is 5.59. The second kappa shape index (κ2) is 4.31. The van der Waals surface area contributed by atoms with Gasteiger partial charge in [0.05, 0.1) is 6.61 Å². The van der Waals surface area contributed by atoms with Crippen LogP contribution in [0.2, 0.25) is 0 Å². The molecule has 0 amide bonds. The van der Waals surface area contributed by atoms with Crippen LogP contribution in [0, 0.1) is 5.41 Å². The first-order chi connectivity index (χ1) is 8.43. The van der Waals surface area contributed by atoms with E-state index in [0.29, 0.717) is 0 Å². The fourth-order valence-electron chi connectivity index (χ4n) is 2.46. The van der Waals surface area contributed by atoms with E-state index < -0.39 is 11.4 Å². The lowest BCUT2D eigenvalue weighted by Gasteiger charge is -2.59. The fourth-order valence-corrected chi connectivity index (χ4v) is 2.46. The van der Waals surface area contributed by atoms with Crippen LogP contribution in [0.1, 0.15) is 26.3 Å². The number of aliphatic hydroxyl groups excluding tert-OH is 1. The molecule has 18 heavy (non-hydrogen) atoms. The summed E-state index contributed by atoms with van der Waals surface area (Å²) in [4.78, 5) is 10.6. The molecule has 0 saturated carbocycles. The predicted molar refractivity (Wildman–Crippen MR) is 66.6 cm³/mol. The van der Waals surface area contributed by atoms with E-state index in [4.69, 9.17) is 14.5 Å². The minimum Gasteiger partial charge on any atom is -0.393 e. The summed E-state index contributed by atoms with van der Waals surface area (Å²) in [5, 5.41) is 9.82. The highest BCUT2D eigenvalue weighted by Gasteiger charge is 2.71. The van der Waals surface area contributed by atoms with Gasteiger partial charge in [-0.15, -0.1) is 0 Å². The molecule has 0 aliphatic carbocycles. The lowest BCUT2D eigenvalue weighted by atomic mass is 9.68. The lowest BCUT2D eigenvalue weighted by molar-refractivity contribution is -0.637. The number of aliphatic hydroxyl groups is 1. The van der Waals surface area contributed by atoms with Crippen molar-refractivity contribution in [1.29, 1.82) is 0 Å². The third-order valence-electron chi connectivity index (χ3n) is 3.71. The highest BCUT2D eigenvalue weighted by molar-refractivity contribution is 5.27. The molecule has 1 aromatic rings. The molecule has 2 atom stereocenters. The first-order valence-electron chi connectivity index (χ1n) is 6.02. The van der Waals surface area contributed by atoms with Gasteiger partial charge in [-0.3, -0.25) is 0 Å². The van der Waals surface area contributed by atoms with E-state index in [1.807, 2.05) is 51.1 Å². The van der Waals surface area contributed by atoms with Gasteiger partial charge < -0.3 is 9.84 Å². The molecule has 1 fully saturated rings. The number of ether oxygens (including phenoxy) is 1. The van der Waals surface area contributed by atoms with Crippen LogP contribution in [0.25, 0.3) is 0 Å². The Bertz CT molecular complexity index is 404. The number of hydrogen-bond acceptors (Lipinski definition) is 4. The maximum atomic E-state index is 9.82. The molecule has 4 nitrogen and oxygen atoms in total. The van der Waals surface area contributed by atoms with Crippen molar-refractivity contribution < 1.29 is 19.6 Å². The van der Waals surface area contributed by atoms with E-state index in [2.05, 4.69) is 0 Å². The Kier molecular flexibility index (Phi) is 3.23. The molecule has 0 radical (unpaired) electrons.